The highest BCUT2D eigenvalue weighted by Gasteiger charge is 2.04. The minimum absolute atomic E-state index is 0.560. The number of guanidine groups is 1. The fraction of sp³-hybridized carbons (Fsp3) is 0.600. The lowest BCUT2D eigenvalue weighted by Gasteiger charge is -2.11. The molecule has 1 aromatic heterocycles. The molecule has 0 saturated carbocycles. The first-order chi connectivity index (χ1) is 9.81. The summed E-state index contributed by atoms with van der Waals surface area (Å²) in [5.74, 6) is 1.51. The van der Waals surface area contributed by atoms with Gasteiger partial charge in [0.25, 0.3) is 0 Å². The van der Waals surface area contributed by atoms with E-state index in [1.165, 1.54) is 6.42 Å². The molecule has 0 unspecified atom stereocenters. The number of hydrogen-bond donors (Lipinski definition) is 2. The number of pyridine rings is 1. The predicted octanol–water partition coefficient (Wildman–Crippen LogP) is 2.34. The van der Waals surface area contributed by atoms with Crippen molar-refractivity contribution in [3.63, 3.8) is 0 Å². The third kappa shape index (κ3) is 5.91. The van der Waals surface area contributed by atoms with Gasteiger partial charge in [0.15, 0.2) is 5.96 Å². The van der Waals surface area contributed by atoms with E-state index in [0.717, 1.165) is 31.0 Å². The van der Waals surface area contributed by atoms with E-state index in [1.807, 2.05) is 19.1 Å². The van der Waals surface area contributed by atoms with Crippen molar-refractivity contribution in [1.29, 1.82) is 0 Å². The zero-order valence-corrected chi connectivity index (χ0v) is 12.8. The topological polar surface area (TPSA) is 58.5 Å². The van der Waals surface area contributed by atoms with Gasteiger partial charge in [0.1, 0.15) is 0 Å². The van der Waals surface area contributed by atoms with E-state index >= 15 is 0 Å². The van der Waals surface area contributed by atoms with Crippen LogP contribution in [0.1, 0.15) is 39.2 Å². The van der Waals surface area contributed by atoms with Crippen LogP contribution in [0.25, 0.3) is 0 Å². The minimum Gasteiger partial charge on any atom is -0.478 e. The van der Waals surface area contributed by atoms with Gasteiger partial charge in [-0.15, -0.1) is 0 Å². The molecule has 0 saturated heterocycles. The Labute approximate surface area is 121 Å². The second kappa shape index (κ2) is 10.1. The van der Waals surface area contributed by atoms with Gasteiger partial charge in [0.05, 0.1) is 13.2 Å². The van der Waals surface area contributed by atoms with E-state index in [-0.39, 0.29) is 0 Å². The summed E-state index contributed by atoms with van der Waals surface area (Å²) in [4.78, 5) is 8.81. The van der Waals surface area contributed by atoms with Crippen molar-refractivity contribution in [1.82, 2.24) is 15.6 Å². The molecule has 0 radical (unpaired) electrons. The number of aliphatic imine (C=N–C) groups is 1. The smallest absolute Gasteiger partial charge is 0.218 e. The van der Waals surface area contributed by atoms with Crippen molar-refractivity contribution in [3.8, 4) is 5.88 Å². The number of hydrogen-bond acceptors (Lipinski definition) is 3. The fourth-order valence-corrected chi connectivity index (χ4v) is 1.70. The molecule has 0 amide bonds. The van der Waals surface area contributed by atoms with Gasteiger partial charge in [-0.2, -0.15) is 0 Å². The highest BCUT2D eigenvalue weighted by molar-refractivity contribution is 5.79. The quantitative estimate of drug-likeness (QED) is 0.435. The molecule has 2 N–H and O–H groups in total. The van der Waals surface area contributed by atoms with Crippen molar-refractivity contribution < 1.29 is 4.74 Å². The molecule has 0 fully saturated rings. The number of unbranched alkanes of at least 4 members (excludes halogenated alkanes) is 1. The van der Waals surface area contributed by atoms with Gasteiger partial charge in [-0.25, -0.2) is 9.98 Å². The van der Waals surface area contributed by atoms with Crippen molar-refractivity contribution in [2.75, 3.05) is 19.7 Å². The second-order valence-corrected chi connectivity index (χ2v) is 4.38. The van der Waals surface area contributed by atoms with E-state index in [1.54, 1.807) is 6.20 Å². The summed E-state index contributed by atoms with van der Waals surface area (Å²) in [5.41, 5.74) is 1.00. The van der Waals surface area contributed by atoms with E-state index < -0.39 is 0 Å². The van der Waals surface area contributed by atoms with Crippen LogP contribution in [0.5, 0.6) is 5.88 Å². The van der Waals surface area contributed by atoms with E-state index in [4.69, 9.17) is 4.74 Å². The molecule has 0 spiro atoms. The molecule has 112 valence electrons. The minimum atomic E-state index is 0.560. The van der Waals surface area contributed by atoms with E-state index in [0.29, 0.717) is 19.0 Å². The van der Waals surface area contributed by atoms with Crippen molar-refractivity contribution in [2.45, 2.75) is 40.2 Å². The molecule has 5 nitrogen and oxygen atoms in total. The summed E-state index contributed by atoms with van der Waals surface area (Å²) in [6.07, 6.45) is 4.05. The maximum absolute atomic E-state index is 5.51. The Bertz CT molecular complexity index is 407. The molecule has 0 aliphatic carbocycles. The SMILES string of the molecule is CCCCNC(=NCc1cccnc1OCC)NCC. The maximum Gasteiger partial charge on any atom is 0.218 e. The summed E-state index contributed by atoms with van der Waals surface area (Å²) < 4.78 is 5.51. The molecule has 1 rings (SSSR count). The summed E-state index contributed by atoms with van der Waals surface area (Å²) in [6, 6.07) is 3.90. The Morgan fingerprint density at radius 3 is 2.85 bits per heavy atom. The molecule has 1 aromatic rings. The van der Waals surface area contributed by atoms with Gasteiger partial charge >= 0.3 is 0 Å². The Morgan fingerprint density at radius 1 is 1.30 bits per heavy atom. The van der Waals surface area contributed by atoms with Crippen LogP contribution >= 0.6 is 0 Å². The van der Waals surface area contributed by atoms with Crippen molar-refractivity contribution >= 4 is 5.96 Å². The molecule has 5 heteroatoms. The maximum atomic E-state index is 5.51. The average molecular weight is 278 g/mol. The molecule has 0 atom stereocenters. The number of nitrogens with one attached hydrogen (secondary N) is 2. The summed E-state index contributed by atoms with van der Waals surface area (Å²) in [5, 5.41) is 6.56. The lowest BCUT2D eigenvalue weighted by Crippen LogP contribution is -2.37. The molecule has 20 heavy (non-hydrogen) atoms. The Morgan fingerprint density at radius 2 is 2.15 bits per heavy atom. The highest BCUT2D eigenvalue weighted by Crippen LogP contribution is 2.15. The van der Waals surface area contributed by atoms with Gasteiger partial charge in [-0.05, 0) is 26.3 Å². The monoisotopic (exact) mass is 278 g/mol. The van der Waals surface area contributed by atoms with Gasteiger partial charge in [-0.3, -0.25) is 0 Å². The number of rotatable bonds is 8. The zero-order valence-electron chi connectivity index (χ0n) is 12.8. The second-order valence-electron chi connectivity index (χ2n) is 4.38. The Balaban J connectivity index is 2.65. The van der Waals surface area contributed by atoms with Crippen LogP contribution in [0.4, 0.5) is 0 Å². The summed E-state index contributed by atoms with van der Waals surface area (Å²) in [7, 11) is 0. The first kappa shape index (κ1) is 16.3. The molecule has 1 heterocycles. The Kier molecular flexibility index (Phi) is 8.19. The van der Waals surface area contributed by atoms with Crippen LogP contribution in [-0.2, 0) is 6.54 Å². The van der Waals surface area contributed by atoms with Crippen LogP contribution in [-0.4, -0.2) is 30.6 Å². The number of aromatic nitrogens is 1. The average Bonchev–Trinajstić information content (AvgIpc) is 2.46. The highest BCUT2D eigenvalue weighted by atomic mass is 16.5. The van der Waals surface area contributed by atoms with Crippen LogP contribution < -0.4 is 15.4 Å². The Hall–Kier alpha value is -1.78. The normalized spacial score (nSPS) is 11.2. The molecule has 0 aliphatic rings. The lowest BCUT2D eigenvalue weighted by molar-refractivity contribution is 0.323. The zero-order chi connectivity index (χ0) is 14.6. The standard InChI is InChI=1S/C15H26N4O/c1-4-7-10-18-15(16-5-2)19-12-13-9-8-11-17-14(13)20-6-3/h8-9,11H,4-7,10,12H2,1-3H3,(H2,16,18,19). The van der Waals surface area contributed by atoms with E-state index in [2.05, 4.69) is 34.5 Å². The number of ether oxygens (including phenoxy) is 1. The lowest BCUT2D eigenvalue weighted by atomic mass is 10.3. The van der Waals surface area contributed by atoms with Gasteiger partial charge in [0.2, 0.25) is 5.88 Å². The van der Waals surface area contributed by atoms with Crippen LogP contribution in [0.15, 0.2) is 23.3 Å². The molecule has 0 aromatic carbocycles. The summed E-state index contributed by atoms with van der Waals surface area (Å²) >= 11 is 0. The first-order valence-corrected chi connectivity index (χ1v) is 7.40. The molecule has 0 aliphatic heterocycles. The summed E-state index contributed by atoms with van der Waals surface area (Å²) in [6.45, 7) is 9.16. The van der Waals surface area contributed by atoms with Gasteiger partial charge < -0.3 is 15.4 Å². The number of nitrogens with zero attached hydrogens (tertiary/aromatic N) is 2. The van der Waals surface area contributed by atoms with Crippen LogP contribution in [0, 0.1) is 0 Å². The van der Waals surface area contributed by atoms with Crippen LogP contribution in [0.2, 0.25) is 0 Å². The van der Waals surface area contributed by atoms with Crippen molar-refractivity contribution in [2.24, 2.45) is 4.99 Å². The first-order valence-electron chi connectivity index (χ1n) is 7.40. The fourth-order valence-electron chi connectivity index (χ4n) is 1.70. The third-order valence-corrected chi connectivity index (χ3v) is 2.71. The van der Waals surface area contributed by atoms with E-state index in [9.17, 15) is 0 Å². The molecular formula is C15H26N4O. The van der Waals surface area contributed by atoms with Gasteiger partial charge in [-0.1, -0.05) is 19.4 Å². The third-order valence-electron chi connectivity index (χ3n) is 2.71. The largest absolute Gasteiger partial charge is 0.478 e. The van der Waals surface area contributed by atoms with Crippen molar-refractivity contribution in [3.05, 3.63) is 23.9 Å². The van der Waals surface area contributed by atoms with Crippen LogP contribution in [0.3, 0.4) is 0 Å². The molecule has 0 bridgehead atoms. The van der Waals surface area contributed by atoms with Gasteiger partial charge in [0, 0.05) is 24.8 Å². The predicted molar refractivity (Wildman–Crippen MR) is 83.1 cm³/mol. The molecular weight excluding hydrogens is 252 g/mol.